The van der Waals surface area contributed by atoms with Gasteiger partial charge in [-0.2, -0.15) is 0 Å². The summed E-state index contributed by atoms with van der Waals surface area (Å²) in [5, 5.41) is 5.57. The Morgan fingerprint density at radius 2 is 1.92 bits per heavy atom. The van der Waals surface area contributed by atoms with Crippen molar-refractivity contribution in [1.29, 1.82) is 0 Å². The highest BCUT2D eigenvalue weighted by Gasteiger charge is 2.38. The minimum Gasteiger partial charge on any atom is -0.497 e. The number of amides is 4. The summed E-state index contributed by atoms with van der Waals surface area (Å²) < 4.78 is 5.11. The summed E-state index contributed by atoms with van der Waals surface area (Å²) in [5.41, 5.74) is 1.01. The molecule has 1 atom stereocenters. The topological polar surface area (TPSA) is 87.7 Å². The van der Waals surface area contributed by atoms with Crippen molar-refractivity contribution in [3.8, 4) is 5.75 Å². The highest BCUT2D eigenvalue weighted by atomic mass is 16.5. The van der Waals surface area contributed by atoms with Gasteiger partial charge in [-0.3, -0.25) is 14.5 Å². The lowest BCUT2D eigenvalue weighted by molar-refractivity contribution is -0.131. The van der Waals surface area contributed by atoms with Gasteiger partial charge in [0.05, 0.1) is 13.5 Å². The lowest BCUT2D eigenvalue weighted by atomic mass is 10.1. The summed E-state index contributed by atoms with van der Waals surface area (Å²) in [6.45, 7) is 0.289. The van der Waals surface area contributed by atoms with Crippen LogP contribution in [0, 0.1) is 0 Å². The molecular formula is C19H25N3O4. The quantitative estimate of drug-likeness (QED) is 0.724. The molecule has 0 radical (unpaired) electrons. The van der Waals surface area contributed by atoms with Crippen molar-refractivity contribution in [2.75, 3.05) is 13.7 Å². The number of carbonyl (C=O) groups excluding carboxylic acids is 3. The Morgan fingerprint density at radius 1 is 1.23 bits per heavy atom. The van der Waals surface area contributed by atoms with E-state index in [4.69, 9.17) is 4.74 Å². The highest BCUT2D eigenvalue weighted by Crippen LogP contribution is 2.18. The average Bonchev–Trinajstić information content (AvgIpc) is 3.22. The third kappa shape index (κ3) is 4.33. The zero-order chi connectivity index (χ0) is 18.5. The summed E-state index contributed by atoms with van der Waals surface area (Å²) in [5.74, 6) is 0.259. The fourth-order valence-electron chi connectivity index (χ4n) is 3.50. The first kappa shape index (κ1) is 18.2. The molecule has 0 spiro atoms. The Morgan fingerprint density at radius 3 is 2.58 bits per heavy atom. The van der Waals surface area contributed by atoms with Gasteiger partial charge in [0.25, 0.3) is 5.91 Å². The maximum Gasteiger partial charge on any atom is 0.324 e. The molecule has 1 aromatic rings. The highest BCUT2D eigenvalue weighted by molar-refractivity contribution is 6.05. The van der Waals surface area contributed by atoms with Gasteiger partial charge < -0.3 is 15.4 Å². The fraction of sp³-hybridized carbons (Fsp3) is 0.526. The van der Waals surface area contributed by atoms with Gasteiger partial charge in [-0.25, -0.2) is 4.79 Å². The van der Waals surface area contributed by atoms with Crippen molar-refractivity contribution in [2.45, 2.75) is 50.6 Å². The molecular weight excluding hydrogens is 334 g/mol. The first-order valence-electron chi connectivity index (χ1n) is 9.11. The smallest absolute Gasteiger partial charge is 0.324 e. The molecule has 0 aromatic heterocycles. The zero-order valence-electron chi connectivity index (χ0n) is 15.0. The van der Waals surface area contributed by atoms with E-state index in [9.17, 15) is 14.4 Å². The first-order chi connectivity index (χ1) is 12.6. The number of benzene rings is 1. The SMILES string of the molecule is COc1ccc(CCN2C(=O)N[C@H](CC(=O)NC3CCCC3)C2=O)cc1. The van der Waals surface area contributed by atoms with Crippen LogP contribution in [0.1, 0.15) is 37.7 Å². The second kappa shape index (κ2) is 8.21. The molecule has 2 aliphatic rings. The molecule has 26 heavy (non-hydrogen) atoms. The number of hydrogen-bond donors (Lipinski definition) is 2. The number of ether oxygens (including phenoxy) is 1. The van der Waals surface area contributed by atoms with Crippen LogP contribution in [-0.2, 0) is 16.0 Å². The van der Waals surface area contributed by atoms with Gasteiger partial charge in [0.1, 0.15) is 11.8 Å². The van der Waals surface area contributed by atoms with E-state index in [0.717, 1.165) is 37.0 Å². The molecule has 4 amide bonds. The molecule has 3 rings (SSSR count). The number of nitrogens with one attached hydrogen (secondary N) is 2. The van der Waals surface area contributed by atoms with Crippen LogP contribution in [0.3, 0.4) is 0 Å². The zero-order valence-corrected chi connectivity index (χ0v) is 15.0. The third-order valence-electron chi connectivity index (χ3n) is 5.00. The Kier molecular flexibility index (Phi) is 5.75. The van der Waals surface area contributed by atoms with Crippen molar-refractivity contribution >= 4 is 17.8 Å². The van der Waals surface area contributed by atoms with Crippen LogP contribution >= 0.6 is 0 Å². The van der Waals surface area contributed by atoms with Crippen LogP contribution < -0.4 is 15.4 Å². The van der Waals surface area contributed by atoms with Gasteiger partial charge in [-0.15, -0.1) is 0 Å². The third-order valence-corrected chi connectivity index (χ3v) is 5.00. The van der Waals surface area contributed by atoms with E-state index in [0.29, 0.717) is 6.42 Å². The lowest BCUT2D eigenvalue weighted by Gasteiger charge is -2.15. The number of imide groups is 1. The molecule has 7 nitrogen and oxygen atoms in total. The largest absolute Gasteiger partial charge is 0.497 e. The number of hydrogen-bond acceptors (Lipinski definition) is 4. The summed E-state index contributed by atoms with van der Waals surface area (Å²) in [6.07, 6.45) is 4.80. The Balaban J connectivity index is 1.50. The molecule has 1 saturated carbocycles. The first-order valence-corrected chi connectivity index (χ1v) is 9.11. The van der Waals surface area contributed by atoms with E-state index in [-0.39, 0.29) is 30.8 Å². The molecule has 1 saturated heterocycles. The van der Waals surface area contributed by atoms with Crippen molar-refractivity contribution in [3.63, 3.8) is 0 Å². The van der Waals surface area contributed by atoms with Crippen LogP contribution in [-0.4, -0.2) is 48.5 Å². The van der Waals surface area contributed by atoms with Crippen LogP contribution in [0.15, 0.2) is 24.3 Å². The van der Waals surface area contributed by atoms with Crippen LogP contribution in [0.4, 0.5) is 4.79 Å². The minimum atomic E-state index is -0.764. The minimum absolute atomic E-state index is 0.000108. The number of nitrogens with zero attached hydrogens (tertiary/aromatic N) is 1. The molecule has 7 heteroatoms. The molecule has 2 fully saturated rings. The maximum atomic E-state index is 12.5. The Hall–Kier alpha value is -2.57. The summed E-state index contributed by atoms with van der Waals surface area (Å²) in [7, 11) is 1.60. The van der Waals surface area contributed by atoms with Gasteiger partial charge in [0.15, 0.2) is 0 Å². The van der Waals surface area contributed by atoms with E-state index in [1.807, 2.05) is 24.3 Å². The van der Waals surface area contributed by atoms with Crippen molar-refractivity contribution < 1.29 is 19.1 Å². The molecule has 0 unspecified atom stereocenters. The predicted octanol–water partition coefficient (Wildman–Crippen LogP) is 1.61. The molecule has 2 N–H and O–H groups in total. The van der Waals surface area contributed by atoms with Crippen molar-refractivity contribution in [1.82, 2.24) is 15.5 Å². The van der Waals surface area contributed by atoms with Gasteiger partial charge >= 0.3 is 6.03 Å². The van der Waals surface area contributed by atoms with Crippen LogP contribution in [0.2, 0.25) is 0 Å². The van der Waals surface area contributed by atoms with Gasteiger partial charge in [-0.05, 0) is 37.0 Å². The predicted molar refractivity (Wildman–Crippen MR) is 95.7 cm³/mol. The molecule has 1 aromatic carbocycles. The number of carbonyl (C=O) groups is 3. The lowest BCUT2D eigenvalue weighted by Crippen LogP contribution is -2.39. The molecule has 0 bridgehead atoms. The van der Waals surface area contributed by atoms with Gasteiger partial charge in [-0.1, -0.05) is 25.0 Å². The van der Waals surface area contributed by atoms with E-state index >= 15 is 0 Å². The van der Waals surface area contributed by atoms with Gasteiger partial charge in [0.2, 0.25) is 5.91 Å². The molecule has 1 aliphatic heterocycles. The monoisotopic (exact) mass is 359 g/mol. The summed E-state index contributed by atoms with van der Waals surface area (Å²) in [4.78, 5) is 37.8. The standard InChI is InChI=1S/C19H25N3O4/c1-26-15-8-6-13(7-9-15)10-11-22-18(24)16(21-19(22)25)12-17(23)20-14-4-2-3-5-14/h6-9,14,16H,2-5,10-12H2,1H3,(H,20,23)(H,21,25)/t16-/m1/s1. The molecule has 140 valence electrons. The van der Waals surface area contributed by atoms with E-state index in [1.54, 1.807) is 7.11 Å². The Bertz CT molecular complexity index is 668. The second-order valence-corrected chi connectivity index (χ2v) is 6.84. The van der Waals surface area contributed by atoms with Crippen LogP contribution in [0.25, 0.3) is 0 Å². The van der Waals surface area contributed by atoms with Crippen molar-refractivity contribution in [2.24, 2.45) is 0 Å². The van der Waals surface area contributed by atoms with Gasteiger partial charge in [0, 0.05) is 12.6 Å². The molecule has 1 aliphatic carbocycles. The summed E-state index contributed by atoms with van der Waals surface area (Å²) in [6, 6.07) is 6.52. The van der Waals surface area contributed by atoms with E-state index < -0.39 is 12.1 Å². The fourth-order valence-corrected chi connectivity index (χ4v) is 3.50. The summed E-state index contributed by atoms with van der Waals surface area (Å²) >= 11 is 0. The van der Waals surface area contributed by atoms with Crippen LogP contribution in [0.5, 0.6) is 5.75 Å². The number of rotatable bonds is 7. The van der Waals surface area contributed by atoms with E-state index in [2.05, 4.69) is 10.6 Å². The maximum absolute atomic E-state index is 12.5. The number of urea groups is 1. The second-order valence-electron chi connectivity index (χ2n) is 6.84. The average molecular weight is 359 g/mol. The molecule has 1 heterocycles. The van der Waals surface area contributed by atoms with E-state index in [1.165, 1.54) is 4.90 Å². The van der Waals surface area contributed by atoms with Crippen molar-refractivity contribution in [3.05, 3.63) is 29.8 Å². The Labute approximate surface area is 153 Å². The normalized spacial score (nSPS) is 20.3. The number of methoxy groups -OCH3 is 1.